The highest BCUT2D eigenvalue weighted by atomic mass is 35.5. The first kappa shape index (κ1) is 13.4. The summed E-state index contributed by atoms with van der Waals surface area (Å²) in [6.45, 7) is 2.27. The van der Waals surface area contributed by atoms with Crippen molar-refractivity contribution in [1.82, 2.24) is 9.62 Å². The summed E-state index contributed by atoms with van der Waals surface area (Å²) < 4.78 is 26.4. The summed E-state index contributed by atoms with van der Waals surface area (Å²) in [5.41, 5.74) is 0.748. The fourth-order valence-electron chi connectivity index (χ4n) is 2.97. The molecule has 0 aliphatic carbocycles. The van der Waals surface area contributed by atoms with E-state index in [1.54, 1.807) is 28.6 Å². The fraction of sp³-hybridized carbons (Fsp3) is 0.538. The van der Waals surface area contributed by atoms with E-state index < -0.39 is 10.0 Å². The zero-order chi connectivity index (χ0) is 13.5. The van der Waals surface area contributed by atoms with Gasteiger partial charge in [0.05, 0.1) is 5.75 Å². The van der Waals surface area contributed by atoms with Crippen LogP contribution in [-0.4, -0.2) is 38.4 Å². The van der Waals surface area contributed by atoms with Crippen LogP contribution in [0, 0.1) is 5.92 Å². The lowest BCUT2D eigenvalue weighted by atomic mass is 10.1. The molecule has 4 nitrogen and oxygen atoms in total. The maximum atomic E-state index is 12.4. The average molecular weight is 301 g/mol. The molecule has 1 aromatic carbocycles. The standard InChI is InChI=1S/C13H17ClN2O2S/c14-12-3-1-2-10(6-12)9-19(17,18)16-7-11-4-5-15-13(11)8-16/h1-3,6,11,13,15H,4-5,7-9H2/t11-,13+/m0/s1. The van der Waals surface area contributed by atoms with E-state index in [1.807, 2.05) is 0 Å². The lowest BCUT2D eigenvalue weighted by molar-refractivity contribution is 0.447. The molecule has 1 N–H and O–H groups in total. The van der Waals surface area contributed by atoms with Gasteiger partial charge < -0.3 is 5.32 Å². The second-order valence-corrected chi connectivity index (χ2v) is 7.72. The van der Waals surface area contributed by atoms with Crippen LogP contribution in [0.25, 0.3) is 0 Å². The van der Waals surface area contributed by atoms with Gasteiger partial charge in [-0.25, -0.2) is 8.42 Å². The second-order valence-electron chi connectivity index (χ2n) is 5.31. The molecule has 1 aromatic rings. The number of nitrogens with one attached hydrogen (secondary N) is 1. The van der Waals surface area contributed by atoms with Crippen molar-refractivity contribution in [3.8, 4) is 0 Å². The number of hydrogen-bond donors (Lipinski definition) is 1. The van der Waals surface area contributed by atoms with Gasteiger partial charge in [-0.05, 0) is 36.6 Å². The Morgan fingerprint density at radius 1 is 1.37 bits per heavy atom. The van der Waals surface area contributed by atoms with Gasteiger partial charge in [0.15, 0.2) is 0 Å². The van der Waals surface area contributed by atoms with Crippen molar-refractivity contribution in [2.45, 2.75) is 18.2 Å². The summed E-state index contributed by atoms with van der Waals surface area (Å²) in [4.78, 5) is 0. The van der Waals surface area contributed by atoms with Gasteiger partial charge >= 0.3 is 0 Å². The molecule has 0 radical (unpaired) electrons. The van der Waals surface area contributed by atoms with Gasteiger partial charge in [-0.3, -0.25) is 0 Å². The molecule has 0 aromatic heterocycles. The minimum Gasteiger partial charge on any atom is -0.312 e. The van der Waals surface area contributed by atoms with Crippen molar-refractivity contribution in [1.29, 1.82) is 0 Å². The van der Waals surface area contributed by atoms with Crippen LogP contribution < -0.4 is 5.32 Å². The third-order valence-corrected chi connectivity index (χ3v) is 5.98. The fourth-order valence-corrected chi connectivity index (χ4v) is 4.77. The predicted octanol–water partition coefficient (Wildman–Crippen LogP) is 1.46. The highest BCUT2D eigenvalue weighted by molar-refractivity contribution is 7.88. The second kappa shape index (κ2) is 5.05. The molecule has 104 valence electrons. The van der Waals surface area contributed by atoms with E-state index in [4.69, 9.17) is 11.6 Å². The van der Waals surface area contributed by atoms with Crippen LogP contribution in [0.1, 0.15) is 12.0 Å². The SMILES string of the molecule is O=S(=O)(Cc1cccc(Cl)c1)N1C[C@@H]2CCN[C@@H]2C1. The molecular formula is C13H17ClN2O2S. The van der Waals surface area contributed by atoms with Gasteiger partial charge in [0.2, 0.25) is 10.0 Å². The Kier molecular flexibility index (Phi) is 3.55. The Morgan fingerprint density at radius 2 is 2.21 bits per heavy atom. The first-order valence-electron chi connectivity index (χ1n) is 6.50. The van der Waals surface area contributed by atoms with Gasteiger partial charge in [0.25, 0.3) is 0 Å². The van der Waals surface area contributed by atoms with Crippen molar-refractivity contribution in [2.24, 2.45) is 5.92 Å². The van der Waals surface area contributed by atoms with E-state index in [2.05, 4.69) is 5.32 Å². The Balaban J connectivity index is 1.73. The summed E-state index contributed by atoms with van der Waals surface area (Å²) >= 11 is 5.89. The molecule has 0 saturated carbocycles. The largest absolute Gasteiger partial charge is 0.312 e. The van der Waals surface area contributed by atoms with Crippen molar-refractivity contribution >= 4 is 21.6 Å². The number of nitrogens with zero attached hydrogens (tertiary/aromatic N) is 1. The van der Waals surface area contributed by atoms with Crippen LogP contribution in [0.5, 0.6) is 0 Å². The molecule has 19 heavy (non-hydrogen) atoms. The minimum atomic E-state index is -3.24. The highest BCUT2D eigenvalue weighted by Gasteiger charge is 2.40. The van der Waals surface area contributed by atoms with Crippen molar-refractivity contribution in [3.05, 3.63) is 34.9 Å². The number of halogens is 1. The molecule has 2 heterocycles. The number of rotatable bonds is 3. The maximum Gasteiger partial charge on any atom is 0.218 e. The Hall–Kier alpha value is -0.620. The molecule has 2 aliphatic rings. The molecule has 0 spiro atoms. The lowest BCUT2D eigenvalue weighted by Gasteiger charge is -2.17. The van der Waals surface area contributed by atoms with E-state index in [9.17, 15) is 8.42 Å². The first-order valence-corrected chi connectivity index (χ1v) is 8.49. The smallest absolute Gasteiger partial charge is 0.218 e. The number of fused-ring (bicyclic) bond motifs is 1. The zero-order valence-corrected chi connectivity index (χ0v) is 12.1. The van der Waals surface area contributed by atoms with Crippen LogP contribution in [0.3, 0.4) is 0 Å². The number of sulfonamides is 1. The van der Waals surface area contributed by atoms with Gasteiger partial charge in [-0.2, -0.15) is 4.31 Å². The third kappa shape index (κ3) is 2.79. The van der Waals surface area contributed by atoms with E-state index >= 15 is 0 Å². The van der Waals surface area contributed by atoms with E-state index in [0.29, 0.717) is 30.1 Å². The topological polar surface area (TPSA) is 49.4 Å². The van der Waals surface area contributed by atoms with Crippen LogP contribution in [0.2, 0.25) is 5.02 Å². The predicted molar refractivity (Wildman–Crippen MR) is 75.5 cm³/mol. The van der Waals surface area contributed by atoms with Gasteiger partial charge in [0, 0.05) is 24.2 Å². The molecule has 6 heteroatoms. The van der Waals surface area contributed by atoms with Crippen molar-refractivity contribution < 1.29 is 8.42 Å². The molecule has 3 rings (SSSR count). The van der Waals surface area contributed by atoms with Crippen LogP contribution in [0.15, 0.2) is 24.3 Å². The lowest BCUT2D eigenvalue weighted by Crippen LogP contribution is -2.34. The van der Waals surface area contributed by atoms with Crippen LogP contribution in [-0.2, 0) is 15.8 Å². The van der Waals surface area contributed by atoms with Crippen LogP contribution >= 0.6 is 11.6 Å². The van der Waals surface area contributed by atoms with Gasteiger partial charge in [-0.1, -0.05) is 23.7 Å². The summed E-state index contributed by atoms with van der Waals surface area (Å²) in [6, 6.07) is 7.40. The summed E-state index contributed by atoms with van der Waals surface area (Å²) in [5.74, 6) is 0.515. The molecule has 2 atom stereocenters. The van der Waals surface area contributed by atoms with Crippen LogP contribution in [0.4, 0.5) is 0 Å². The minimum absolute atomic E-state index is 0.0347. The number of benzene rings is 1. The molecule has 0 unspecified atom stereocenters. The quantitative estimate of drug-likeness (QED) is 0.919. The molecule has 2 aliphatic heterocycles. The van der Waals surface area contributed by atoms with Gasteiger partial charge in [-0.15, -0.1) is 0 Å². The highest BCUT2D eigenvalue weighted by Crippen LogP contribution is 2.28. The Bertz CT molecular complexity index is 564. The molecule has 0 bridgehead atoms. The Morgan fingerprint density at radius 3 is 2.95 bits per heavy atom. The first-order chi connectivity index (χ1) is 9.04. The summed E-state index contributed by atoms with van der Waals surface area (Å²) in [7, 11) is -3.24. The third-order valence-electron chi connectivity index (χ3n) is 3.96. The molecular weight excluding hydrogens is 284 g/mol. The monoisotopic (exact) mass is 300 g/mol. The molecule has 2 saturated heterocycles. The molecule has 2 fully saturated rings. The zero-order valence-electron chi connectivity index (χ0n) is 10.5. The van der Waals surface area contributed by atoms with E-state index in [0.717, 1.165) is 18.5 Å². The van der Waals surface area contributed by atoms with Crippen molar-refractivity contribution in [2.75, 3.05) is 19.6 Å². The van der Waals surface area contributed by atoms with Crippen molar-refractivity contribution in [3.63, 3.8) is 0 Å². The molecule has 0 amide bonds. The van der Waals surface area contributed by atoms with E-state index in [1.165, 1.54) is 0 Å². The Labute approximate surface area is 118 Å². The van der Waals surface area contributed by atoms with E-state index in [-0.39, 0.29) is 5.75 Å². The average Bonchev–Trinajstić information content (AvgIpc) is 2.87. The number of hydrogen-bond acceptors (Lipinski definition) is 3. The maximum absolute atomic E-state index is 12.4. The normalized spacial score (nSPS) is 27.6. The van der Waals surface area contributed by atoms with Gasteiger partial charge in [0.1, 0.15) is 0 Å². The summed E-state index contributed by atoms with van der Waals surface area (Å²) in [5, 5.41) is 3.94. The summed E-state index contributed by atoms with van der Waals surface area (Å²) in [6.07, 6.45) is 1.08.